The highest BCUT2D eigenvalue weighted by Crippen LogP contribution is 2.43. The normalized spacial score (nSPS) is 14.2. The molecule has 4 heteroatoms. The first-order valence-electron chi connectivity index (χ1n) is 9.82. The van der Waals surface area contributed by atoms with Crippen LogP contribution in [0.1, 0.15) is 29.0 Å². The lowest BCUT2D eigenvalue weighted by atomic mass is 9.75. The average Bonchev–Trinajstić information content (AvgIpc) is 2.80. The van der Waals surface area contributed by atoms with Crippen molar-refractivity contribution in [2.24, 2.45) is 0 Å². The molecule has 0 saturated carbocycles. The second-order valence-electron chi connectivity index (χ2n) is 7.03. The number of rotatable bonds is 10. The van der Waals surface area contributed by atoms with Crippen molar-refractivity contribution in [2.75, 3.05) is 20.3 Å². The molecule has 4 nitrogen and oxygen atoms in total. The van der Waals surface area contributed by atoms with Crippen molar-refractivity contribution in [3.05, 3.63) is 102 Å². The summed E-state index contributed by atoms with van der Waals surface area (Å²) in [5.41, 5.74) is 1.89. The summed E-state index contributed by atoms with van der Waals surface area (Å²) in [6.07, 6.45) is 0.455. The quantitative estimate of drug-likeness (QED) is 0.541. The van der Waals surface area contributed by atoms with Gasteiger partial charge in [0.05, 0.1) is 20.3 Å². The van der Waals surface area contributed by atoms with E-state index in [1.165, 1.54) is 0 Å². The van der Waals surface area contributed by atoms with E-state index in [0.717, 1.165) is 22.4 Å². The van der Waals surface area contributed by atoms with Crippen LogP contribution in [-0.2, 0) is 16.9 Å². The summed E-state index contributed by atoms with van der Waals surface area (Å²) in [6.45, 7) is 0.134. The van der Waals surface area contributed by atoms with Crippen molar-refractivity contribution in [3.63, 3.8) is 0 Å². The molecule has 3 aromatic rings. The summed E-state index contributed by atoms with van der Waals surface area (Å²) in [7, 11) is 1.63. The molecular formula is C25H28O4. The van der Waals surface area contributed by atoms with E-state index in [0.29, 0.717) is 13.0 Å². The van der Waals surface area contributed by atoms with Gasteiger partial charge in [-0.25, -0.2) is 0 Å². The predicted octanol–water partition coefficient (Wildman–Crippen LogP) is 4.27. The van der Waals surface area contributed by atoms with E-state index in [9.17, 15) is 10.2 Å². The lowest BCUT2D eigenvalue weighted by molar-refractivity contribution is -0.116. The van der Waals surface area contributed by atoms with Crippen LogP contribution >= 0.6 is 0 Å². The van der Waals surface area contributed by atoms with Gasteiger partial charge in [0.25, 0.3) is 0 Å². The third kappa shape index (κ3) is 4.85. The first-order chi connectivity index (χ1) is 14.2. The highest BCUT2D eigenvalue weighted by atomic mass is 16.5. The molecule has 0 radical (unpaired) electrons. The van der Waals surface area contributed by atoms with Gasteiger partial charge in [0, 0.05) is 12.5 Å². The smallest absolute Gasteiger partial charge is 0.123 e. The zero-order valence-electron chi connectivity index (χ0n) is 16.7. The summed E-state index contributed by atoms with van der Waals surface area (Å²) >= 11 is 0. The van der Waals surface area contributed by atoms with Crippen molar-refractivity contribution >= 4 is 0 Å². The number of aliphatic hydroxyl groups is 2. The van der Waals surface area contributed by atoms with Crippen molar-refractivity contribution in [2.45, 2.75) is 24.5 Å². The molecule has 0 fully saturated rings. The largest absolute Gasteiger partial charge is 0.497 e. The maximum Gasteiger partial charge on any atom is 0.123 e. The lowest BCUT2D eigenvalue weighted by Crippen LogP contribution is -2.41. The molecule has 0 aromatic heterocycles. The summed E-state index contributed by atoms with van der Waals surface area (Å²) in [5.74, 6) is 0.519. The summed E-state index contributed by atoms with van der Waals surface area (Å²) in [5, 5.41) is 20.5. The Morgan fingerprint density at radius 1 is 0.828 bits per heavy atom. The Labute approximate surface area is 172 Å². The molecule has 29 heavy (non-hydrogen) atoms. The molecule has 0 aliphatic rings. The maximum atomic E-state index is 10.6. The Balaban J connectivity index is 2.04. The van der Waals surface area contributed by atoms with Gasteiger partial charge in [-0.1, -0.05) is 72.8 Å². The minimum absolute atomic E-state index is 0.0139. The van der Waals surface area contributed by atoms with Gasteiger partial charge in [0.2, 0.25) is 0 Å². The van der Waals surface area contributed by atoms with Gasteiger partial charge in [-0.3, -0.25) is 0 Å². The summed E-state index contributed by atoms with van der Waals surface area (Å²) in [6, 6.07) is 27.4. The van der Waals surface area contributed by atoms with Gasteiger partial charge in [-0.05, 0) is 35.2 Å². The van der Waals surface area contributed by atoms with Crippen LogP contribution < -0.4 is 4.74 Å². The van der Waals surface area contributed by atoms with Gasteiger partial charge < -0.3 is 19.7 Å². The molecule has 0 bridgehead atoms. The van der Waals surface area contributed by atoms with Crippen molar-refractivity contribution in [3.8, 4) is 5.75 Å². The Morgan fingerprint density at radius 3 is 2.00 bits per heavy atom. The zero-order valence-corrected chi connectivity index (χ0v) is 16.7. The molecule has 0 unspecified atom stereocenters. The molecule has 2 atom stereocenters. The van der Waals surface area contributed by atoms with E-state index in [2.05, 4.69) is 0 Å². The molecule has 3 rings (SSSR count). The predicted molar refractivity (Wildman–Crippen MR) is 114 cm³/mol. The fourth-order valence-electron chi connectivity index (χ4n) is 3.77. The number of methoxy groups -OCH3 is 1. The maximum absolute atomic E-state index is 10.6. The Bertz CT molecular complexity index is 849. The topological polar surface area (TPSA) is 58.9 Å². The molecular weight excluding hydrogens is 364 g/mol. The van der Waals surface area contributed by atoms with Crippen LogP contribution in [0.15, 0.2) is 84.9 Å². The Hall–Kier alpha value is -2.66. The van der Waals surface area contributed by atoms with Gasteiger partial charge in [0.15, 0.2) is 0 Å². The van der Waals surface area contributed by atoms with E-state index in [4.69, 9.17) is 9.47 Å². The van der Waals surface area contributed by atoms with E-state index in [-0.39, 0.29) is 19.1 Å². The fourth-order valence-corrected chi connectivity index (χ4v) is 3.77. The van der Waals surface area contributed by atoms with Crippen LogP contribution in [0.5, 0.6) is 5.75 Å². The van der Waals surface area contributed by atoms with Gasteiger partial charge in [0.1, 0.15) is 11.4 Å². The molecule has 3 aromatic carbocycles. The lowest BCUT2D eigenvalue weighted by Gasteiger charge is -2.40. The van der Waals surface area contributed by atoms with Crippen molar-refractivity contribution < 1.29 is 19.7 Å². The molecule has 0 spiro atoms. The number of aliphatic hydroxyl groups excluding tert-OH is 2. The van der Waals surface area contributed by atoms with Crippen LogP contribution in [0.25, 0.3) is 0 Å². The standard InChI is InChI=1S/C25H28O4/c1-28-23-14-12-21(13-15-23)24(16-17-26)25(19-27,22-10-6-3-7-11-22)29-18-20-8-4-2-5-9-20/h2-15,24,26-27H,16-19H2,1H3/t24-,25-/m0/s1. The number of hydrogen-bond donors (Lipinski definition) is 2. The number of ether oxygens (including phenoxy) is 2. The van der Waals surface area contributed by atoms with Crippen LogP contribution in [0.4, 0.5) is 0 Å². The van der Waals surface area contributed by atoms with E-state index in [1.807, 2.05) is 84.9 Å². The second-order valence-corrected chi connectivity index (χ2v) is 7.03. The van der Waals surface area contributed by atoms with Gasteiger partial charge in [-0.15, -0.1) is 0 Å². The summed E-state index contributed by atoms with van der Waals surface area (Å²) in [4.78, 5) is 0. The van der Waals surface area contributed by atoms with Gasteiger partial charge >= 0.3 is 0 Å². The molecule has 0 heterocycles. The van der Waals surface area contributed by atoms with Crippen LogP contribution in [0.2, 0.25) is 0 Å². The third-order valence-electron chi connectivity index (χ3n) is 5.34. The number of hydrogen-bond acceptors (Lipinski definition) is 4. The van der Waals surface area contributed by atoms with Crippen molar-refractivity contribution in [1.29, 1.82) is 0 Å². The highest BCUT2D eigenvalue weighted by Gasteiger charge is 2.42. The first-order valence-corrected chi connectivity index (χ1v) is 9.82. The van der Waals surface area contributed by atoms with E-state index in [1.54, 1.807) is 7.11 Å². The Kier molecular flexibility index (Phi) is 7.42. The van der Waals surface area contributed by atoms with E-state index >= 15 is 0 Å². The van der Waals surface area contributed by atoms with Gasteiger partial charge in [-0.2, -0.15) is 0 Å². The molecule has 2 N–H and O–H groups in total. The average molecular weight is 392 g/mol. The molecule has 0 aliphatic heterocycles. The molecule has 0 amide bonds. The monoisotopic (exact) mass is 392 g/mol. The second kappa shape index (κ2) is 10.2. The molecule has 0 saturated heterocycles. The first kappa shape index (κ1) is 21.1. The molecule has 0 aliphatic carbocycles. The zero-order chi connectivity index (χ0) is 20.5. The van der Waals surface area contributed by atoms with Crippen LogP contribution in [0, 0.1) is 0 Å². The SMILES string of the molecule is COc1ccc([C@H](CCO)[C@@](CO)(OCc2ccccc2)c2ccccc2)cc1. The summed E-state index contributed by atoms with van der Waals surface area (Å²) < 4.78 is 11.8. The van der Waals surface area contributed by atoms with Crippen LogP contribution in [-0.4, -0.2) is 30.5 Å². The number of benzene rings is 3. The van der Waals surface area contributed by atoms with Crippen LogP contribution in [0.3, 0.4) is 0 Å². The van der Waals surface area contributed by atoms with Crippen molar-refractivity contribution in [1.82, 2.24) is 0 Å². The Morgan fingerprint density at radius 2 is 1.45 bits per heavy atom. The fraction of sp³-hybridized carbons (Fsp3) is 0.280. The minimum atomic E-state index is -0.992. The third-order valence-corrected chi connectivity index (χ3v) is 5.34. The minimum Gasteiger partial charge on any atom is -0.497 e. The highest BCUT2D eigenvalue weighted by molar-refractivity contribution is 5.35. The molecule has 152 valence electrons. The van der Waals surface area contributed by atoms with E-state index < -0.39 is 5.60 Å².